The lowest BCUT2D eigenvalue weighted by atomic mass is 9.95. The zero-order valence-electron chi connectivity index (χ0n) is 22.2. The third-order valence-electron chi connectivity index (χ3n) is 7.36. The number of hydrogen-bond donors (Lipinski definition) is 1. The lowest BCUT2D eigenvalue weighted by molar-refractivity contribution is 0.0732. The van der Waals surface area contributed by atoms with Gasteiger partial charge in [-0.1, -0.05) is 44.5 Å². The Morgan fingerprint density at radius 1 is 1.08 bits per heavy atom. The molecule has 0 bridgehead atoms. The molecule has 5 nitrogen and oxygen atoms in total. The molecule has 4 rings (SSSR count). The predicted molar refractivity (Wildman–Crippen MR) is 156 cm³/mol. The molecule has 36 heavy (non-hydrogen) atoms. The summed E-state index contributed by atoms with van der Waals surface area (Å²) in [5.41, 5.74) is 2.83. The molecule has 1 aliphatic rings. The molecule has 194 valence electrons. The summed E-state index contributed by atoms with van der Waals surface area (Å²) in [6.45, 7) is 11.6. The number of aromatic nitrogens is 2. The van der Waals surface area contributed by atoms with Crippen molar-refractivity contribution in [3.05, 3.63) is 53.2 Å². The lowest BCUT2D eigenvalue weighted by Gasteiger charge is -2.41. The van der Waals surface area contributed by atoms with Crippen LogP contribution in [0.4, 0.5) is 11.6 Å². The Kier molecular flexibility index (Phi) is 8.55. The average Bonchev–Trinajstić information content (AvgIpc) is 2.82. The van der Waals surface area contributed by atoms with E-state index in [2.05, 4.69) is 56.5 Å². The van der Waals surface area contributed by atoms with Gasteiger partial charge < -0.3 is 14.5 Å². The van der Waals surface area contributed by atoms with E-state index in [1.165, 1.54) is 0 Å². The van der Waals surface area contributed by atoms with E-state index < -0.39 is 8.32 Å². The zero-order chi connectivity index (χ0) is 25.9. The van der Waals surface area contributed by atoms with Crippen molar-refractivity contribution in [1.82, 2.24) is 9.97 Å². The Morgan fingerprint density at radius 3 is 2.50 bits per heavy atom. The van der Waals surface area contributed by atoms with Gasteiger partial charge in [0, 0.05) is 34.1 Å². The van der Waals surface area contributed by atoms with Gasteiger partial charge in [0.15, 0.2) is 8.32 Å². The number of fused-ring (bicyclic) bond motifs is 1. The highest BCUT2D eigenvalue weighted by Crippen LogP contribution is 2.39. The summed E-state index contributed by atoms with van der Waals surface area (Å²) in [6.07, 6.45) is 8.50. The largest absolute Gasteiger partial charge is 0.488 e. The molecule has 1 heterocycles. The molecule has 0 amide bonds. The maximum atomic E-state index is 6.66. The number of hydrogen-bond acceptors (Lipinski definition) is 6. The minimum Gasteiger partial charge on any atom is -0.488 e. The highest BCUT2D eigenvalue weighted by atomic mass is 35.5. The third-order valence-corrected chi connectivity index (χ3v) is 12.9. The molecular weight excluding hydrogens is 506 g/mol. The van der Waals surface area contributed by atoms with E-state index in [0.717, 1.165) is 64.4 Å². The molecule has 0 radical (unpaired) electrons. The first-order chi connectivity index (χ1) is 17.1. The Hall–Kier alpha value is -1.80. The van der Waals surface area contributed by atoms with E-state index in [9.17, 15) is 0 Å². The van der Waals surface area contributed by atoms with E-state index in [1.807, 2.05) is 36.5 Å². The molecule has 1 fully saturated rings. The summed E-state index contributed by atoms with van der Waals surface area (Å²) in [7, 11) is -1.75. The van der Waals surface area contributed by atoms with Gasteiger partial charge in [0.05, 0.1) is 6.10 Å². The van der Waals surface area contributed by atoms with Gasteiger partial charge in [0.2, 0.25) is 5.95 Å². The van der Waals surface area contributed by atoms with Crippen molar-refractivity contribution in [2.45, 2.75) is 82.5 Å². The molecule has 0 saturated heterocycles. The van der Waals surface area contributed by atoms with Crippen LogP contribution in [0.5, 0.6) is 5.75 Å². The number of nitrogens with one attached hydrogen (secondary N) is 1. The van der Waals surface area contributed by atoms with Gasteiger partial charge in [0.25, 0.3) is 0 Å². The fourth-order valence-electron chi connectivity index (χ4n) is 4.27. The Morgan fingerprint density at radius 2 is 1.81 bits per heavy atom. The van der Waals surface area contributed by atoms with Crippen molar-refractivity contribution in [2.75, 3.05) is 11.6 Å². The molecule has 2 aromatic carbocycles. The van der Waals surface area contributed by atoms with E-state index in [1.54, 1.807) is 11.8 Å². The number of anilines is 2. The van der Waals surface area contributed by atoms with Gasteiger partial charge in [-0.15, -0.1) is 0 Å². The van der Waals surface area contributed by atoms with Crippen LogP contribution in [-0.4, -0.2) is 36.7 Å². The van der Waals surface area contributed by atoms with Crippen LogP contribution in [-0.2, 0) is 10.2 Å². The smallest absolute Gasteiger partial charge is 0.227 e. The van der Waals surface area contributed by atoms with Crippen LogP contribution >= 0.6 is 23.4 Å². The van der Waals surface area contributed by atoms with Crippen molar-refractivity contribution in [2.24, 2.45) is 0 Å². The fraction of sp³-hybridized carbons (Fsp3) is 0.500. The van der Waals surface area contributed by atoms with Gasteiger partial charge in [0.1, 0.15) is 11.3 Å². The maximum Gasteiger partial charge on any atom is 0.227 e. The van der Waals surface area contributed by atoms with Crippen molar-refractivity contribution >= 4 is 54.2 Å². The second-order valence-corrected chi connectivity index (χ2v) is 17.2. The average molecular weight is 544 g/mol. The normalized spacial score (nSPS) is 18.9. The zero-order valence-corrected chi connectivity index (χ0v) is 24.8. The minimum absolute atomic E-state index is 0.173. The van der Waals surface area contributed by atoms with Crippen molar-refractivity contribution in [3.63, 3.8) is 0 Å². The first-order valence-corrected chi connectivity index (χ1v) is 17.4. The molecule has 0 atom stereocenters. The molecule has 0 unspecified atom stereocenters. The molecule has 1 aliphatic carbocycles. The summed E-state index contributed by atoms with van der Waals surface area (Å²) >= 11 is 8.08. The van der Waals surface area contributed by atoms with Gasteiger partial charge in [-0.25, -0.2) is 9.97 Å². The van der Waals surface area contributed by atoms with E-state index in [4.69, 9.17) is 25.7 Å². The SMILES string of the molecule is CSCc1cc(Nc2ncc3cccc(O[C@H]4CC[C@@H](O[Si](C)(C)C(C)(C)C)CC4)c3n2)ccc1Cl. The quantitative estimate of drug-likeness (QED) is 0.287. The second kappa shape index (κ2) is 11.3. The molecular formula is C28H38ClN3O2SSi. The number of rotatable bonds is 8. The van der Waals surface area contributed by atoms with Gasteiger partial charge in [-0.2, -0.15) is 11.8 Å². The second-order valence-electron chi connectivity index (χ2n) is 11.1. The number of ether oxygens (including phenoxy) is 1. The van der Waals surface area contributed by atoms with Crippen LogP contribution in [0, 0.1) is 0 Å². The summed E-state index contributed by atoms with van der Waals surface area (Å²) in [4.78, 5) is 9.34. The van der Waals surface area contributed by atoms with Gasteiger partial charge in [-0.05, 0) is 79.9 Å². The van der Waals surface area contributed by atoms with Crippen LogP contribution in [0.25, 0.3) is 10.9 Å². The van der Waals surface area contributed by atoms with Crippen molar-refractivity contribution in [1.29, 1.82) is 0 Å². The van der Waals surface area contributed by atoms with Crippen molar-refractivity contribution < 1.29 is 9.16 Å². The third kappa shape index (κ3) is 6.54. The maximum absolute atomic E-state index is 6.66. The Bertz CT molecular complexity index is 1190. The molecule has 1 N–H and O–H groups in total. The number of nitrogens with zero attached hydrogens (tertiary/aromatic N) is 2. The molecule has 3 aromatic rings. The monoisotopic (exact) mass is 543 g/mol. The highest BCUT2D eigenvalue weighted by Gasteiger charge is 2.40. The number of benzene rings is 2. The van der Waals surface area contributed by atoms with Crippen LogP contribution in [0.15, 0.2) is 42.6 Å². The van der Waals surface area contributed by atoms with Crippen LogP contribution in [0.3, 0.4) is 0 Å². The first-order valence-electron chi connectivity index (χ1n) is 12.7. The number of halogens is 1. The molecule has 8 heteroatoms. The van der Waals surface area contributed by atoms with Gasteiger partial charge >= 0.3 is 0 Å². The van der Waals surface area contributed by atoms with Crippen molar-refractivity contribution in [3.8, 4) is 5.75 Å². The van der Waals surface area contributed by atoms with E-state index in [0.29, 0.717) is 12.1 Å². The van der Waals surface area contributed by atoms with Crippen LogP contribution < -0.4 is 10.1 Å². The molecule has 0 aliphatic heterocycles. The van der Waals surface area contributed by atoms with E-state index >= 15 is 0 Å². The first kappa shape index (κ1) is 27.2. The Labute approximate surface area is 225 Å². The Balaban J connectivity index is 1.44. The molecule has 0 spiro atoms. The summed E-state index contributed by atoms with van der Waals surface area (Å²) in [5, 5.41) is 5.31. The summed E-state index contributed by atoms with van der Waals surface area (Å²) in [6, 6.07) is 12.0. The van der Waals surface area contributed by atoms with Crippen LogP contribution in [0.2, 0.25) is 23.2 Å². The summed E-state index contributed by atoms with van der Waals surface area (Å²) < 4.78 is 13.2. The fourth-order valence-corrected chi connectivity index (χ4v) is 6.51. The standard InChI is InChI=1S/C28H38ClN3O2SSi/c1-28(2,3)36(5,6)34-23-13-11-22(12-14-23)33-25-9-7-8-19-17-30-27(32-26(19)25)31-21-10-15-24(29)20(16-21)18-35-4/h7-10,15-17,22-23H,11-14,18H2,1-6H3,(H,30,31,32)/t22-,23+. The topological polar surface area (TPSA) is 56.3 Å². The van der Waals surface area contributed by atoms with E-state index in [-0.39, 0.29) is 11.1 Å². The predicted octanol–water partition coefficient (Wildman–Crippen LogP) is 8.60. The van der Waals surface area contributed by atoms with Crippen LogP contribution in [0.1, 0.15) is 52.0 Å². The summed E-state index contributed by atoms with van der Waals surface area (Å²) in [5.74, 6) is 2.21. The molecule has 1 aromatic heterocycles. The number of para-hydroxylation sites is 1. The minimum atomic E-state index is -1.75. The van der Waals surface area contributed by atoms with Gasteiger partial charge in [-0.3, -0.25) is 0 Å². The number of thioether (sulfide) groups is 1. The highest BCUT2D eigenvalue weighted by molar-refractivity contribution is 7.97. The lowest BCUT2D eigenvalue weighted by Crippen LogP contribution is -2.45. The molecule has 1 saturated carbocycles.